The summed E-state index contributed by atoms with van der Waals surface area (Å²) in [6.45, 7) is 0. The topological polar surface area (TPSA) is 90.2 Å². The number of hydrogen-bond acceptors (Lipinski definition) is 5. The highest BCUT2D eigenvalue weighted by molar-refractivity contribution is 9.10. The number of nitrogens with zero attached hydrogens (tertiary/aromatic N) is 2. The Balaban J connectivity index is 1.87. The number of rotatable bonds is 3. The number of carboxylic acids is 1. The van der Waals surface area contributed by atoms with Gasteiger partial charge in [0.1, 0.15) is 5.75 Å². The summed E-state index contributed by atoms with van der Waals surface area (Å²) in [6, 6.07) is 11.1. The van der Waals surface area contributed by atoms with Crippen LogP contribution in [0, 0.1) is 0 Å². The van der Waals surface area contributed by atoms with Gasteiger partial charge in [0.15, 0.2) is 5.17 Å². The predicted molar refractivity (Wildman–Crippen MR) is 105 cm³/mol. The number of carbonyl (C=O) groups is 2. The summed E-state index contributed by atoms with van der Waals surface area (Å²) in [7, 11) is 1.63. The highest BCUT2D eigenvalue weighted by Crippen LogP contribution is 2.34. The lowest BCUT2D eigenvalue weighted by atomic mass is 10.2. The van der Waals surface area contributed by atoms with Crippen molar-refractivity contribution in [1.29, 1.82) is 0 Å². The molecule has 26 heavy (non-hydrogen) atoms. The molecule has 1 saturated heterocycles. The van der Waals surface area contributed by atoms with Crippen LogP contribution in [0.3, 0.4) is 0 Å². The highest BCUT2D eigenvalue weighted by atomic mass is 79.9. The van der Waals surface area contributed by atoms with Gasteiger partial charge in [0.2, 0.25) is 0 Å². The second kappa shape index (κ2) is 7.35. The molecular weight excluding hydrogens is 420 g/mol. The van der Waals surface area contributed by atoms with E-state index in [0.717, 1.165) is 5.56 Å². The molecule has 0 bridgehead atoms. The van der Waals surface area contributed by atoms with Crippen LogP contribution >= 0.6 is 27.7 Å². The number of carboxylic acid groups (broad SMARTS) is 1. The summed E-state index contributed by atoms with van der Waals surface area (Å²) in [5.74, 6) is -1.06. The largest absolute Gasteiger partial charge is 0.507 e. The van der Waals surface area contributed by atoms with Crippen LogP contribution in [0.25, 0.3) is 6.08 Å². The summed E-state index contributed by atoms with van der Waals surface area (Å²) in [6.07, 6.45) is 1.73. The Bertz CT molecular complexity index is 954. The monoisotopic (exact) mass is 432 g/mol. The van der Waals surface area contributed by atoms with Crippen LogP contribution in [0.5, 0.6) is 5.75 Å². The van der Waals surface area contributed by atoms with Crippen LogP contribution < -0.4 is 0 Å². The lowest BCUT2D eigenvalue weighted by Gasteiger charge is -2.07. The van der Waals surface area contributed by atoms with Gasteiger partial charge in [-0.3, -0.25) is 9.69 Å². The molecule has 0 aliphatic carbocycles. The van der Waals surface area contributed by atoms with Gasteiger partial charge in [-0.2, -0.15) is 0 Å². The van der Waals surface area contributed by atoms with Crippen LogP contribution in [0.1, 0.15) is 15.9 Å². The number of hydrogen-bond donors (Lipinski definition) is 2. The zero-order chi connectivity index (χ0) is 18.8. The number of amidine groups is 1. The molecule has 132 valence electrons. The first kappa shape index (κ1) is 18.2. The standard InChI is InChI=1S/C18H13BrN2O4S/c1-21-16(23)15(9-10-2-7-14(22)13(19)8-10)26-18(21)20-12-5-3-11(4-6-12)17(24)25/h2-9,22H,1H3,(H,24,25)/b15-9-,20-18?. The average molecular weight is 433 g/mol. The zero-order valence-electron chi connectivity index (χ0n) is 13.5. The van der Waals surface area contributed by atoms with Crippen LogP contribution in [0.4, 0.5) is 5.69 Å². The van der Waals surface area contributed by atoms with Crippen molar-refractivity contribution >= 4 is 56.5 Å². The van der Waals surface area contributed by atoms with E-state index in [1.165, 1.54) is 28.8 Å². The molecule has 0 saturated carbocycles. The Kier molecular flexibility index (Phi) is 5.15. The van der Waals surface area contributed by atoms with Gasteiger partial charge in [-0.25, -0.2) is 9.79 Å². The van der Waals surface area contributed by atoms with Gasteiger partial charge in [-0.15, -0.1) is 0 Å². The lowest BCUT2D eigenvalue weighted by Crippen LogP contribution is -2.23. The Labute approximate surface area is 162 Å². The quantitative estimate of drug-likeness (QED) is 0.712. The molecule has 8 heteroatoms. The number of thioether (sulfide) groups is 1. The van der Waals surface area contributed by atoms with Crippen molar-refractivity contribution in [3.8, 4) is 5.75 Å². The molecule has 3 rings (SSSR count). The molecule has 0 spiro atoms. The SMILES string of the molecule is CN1C(=O)/C(=C/c2ccc(O)c(Br)c2)SC1=Nc1ccc(C(=O)O)cc1. The summed E-state index contributed by atoms with van der Waals surface area (Å²) in [5.41, 5.74) is 1.51. The minimum atomic E-state index is -1.00. The molecule has 2 aromatic rings. The summed E-state index contributed by atoms with van der Waals surface area (Å²) in [4.78, 5) is 29.7. The second-order valence-corrected chi connectivity index (χ2v) is 7.30. The molecule has 1 amide bonds. The van der Waals surface area contributed by atoms with Crippen LogP contribution in [-0.2, 0) is 4.79 Å². The first-order valence-electron chi connectivity index (χ1n) is 7.43. The molecule has 1 aliphatic rings. The number of benzene rings is 2. The minimum Gasteiger partial charge on any atom is -0.507 e. The third-order valence-corrected chi connectivity index (χ3v) is 5.31. The normalized spacial score (nSPS) is 17.3. The molecule has 0 atom stereocenters. The highest BCUT2D eigenvalue weighted by Gasteiger charge is 2.30. The predicted octanol–water partition coefficient (Wildman–Crippen LogP) is 4.09. The maximum Gasteiger partial charge on any atom is 0.335 e. The van der Waals surface area contributed by atoms with Gasteiger partial charge in [0, 0.05) is 7.05 Å². The van der Waals surface area contributed by atoms with Gasteiger partial charge in [-0.1, -0.05) is 6.07 Å². The third kappa shape index (κ3) is 3.81. The molecule has 1 aliphatic heterocycles. The van der Waals surface area contributed by atoms with E-state index in [2.05, 4.69) is 20.9 Å². The van der Waals surface area contributed by atoms with Crippen molar-refractivity contribution in [2.24, 2.45) is 4.99 Å². The Morgan fingerprint density at radius 1 is 1.23 bits per heavy atom. The van der Waals surface area contributed by atoms with E-state index in [9.17, 15) is 14.7 Å². The van der Waals surface area contributed by atoms with Crippen molar-refractivity contribution in [2.75, 3.05) is 7.05 Å². The van der Waals surface area contributed by atoms with E-state index in [1.807, 2.05) is 0 Å². The Hall–Kier alpha value is -2.58. The molecule has 2 N–H and O–H groups in total. The van der Waals surface area contributed by atoms with Crippen LogP contribution in [0.2, 0.25) is 0 Å². The molecule has 0 unspecified atom stereocenters. The van der Waals surface area contributed by atoms with Crippen molar-refractivity contribution in [2.45, 2.75) is 0 Å². The van der Waals surface area contributed by atoms with Crippen molar-refractivity contribution in [1.82, 2.24) is 4.90 Å². The van der Waals surface area contributed by atoms with E-state index in [-0.39, 0.29) is 17.2 Å². The Morgan fingerprint density at radius 3 is 2.54 bits per heavy atom. The molecule has 0 aromatic heterocycles. The molecule has 6 nitrogen and oxygen atoms in total. The van der Waals surface area contributed by atoms with Crippen molar-refractivity contribution in [3.05, 3.63) is 63.0 Å². The van der Waals surface area contributed by atoms with Gasteiger partial charge in [-0.05, 0) is 75.7 Å². The number of carbonyl (C=O) groups excluding carboxylic acids is 1. The maximum absolute atomic E-state index is 12.4. The van der Waals surface area contributed by atoms with Crippen molar-refractivity contribution < 1.29 is 19.8 Å². The maximum atomic E-state index is 12.4. The van der Waals surface area contributed by atoms with Crippen LogP contribution in [0.15, 0.2) is 56.8 Å². The first-order valence-corrected chi connectivity index (χ1v) is 9.04. The van der Waals surface area contributed by atoms with Crippen LogP contribution in [-0.4, -0.2) is 39.2 Å². The molecular formula is C18H13BrN2O4S. The van der Waals surface area contributed by atoms with E-state index in [0.29, 0.717) is 20.2 Å². The summed E-state index contributed by atoms with van der Waals surface area (Å²) < 4.78 is 0.545. The van der Waals surface area contributed by atoms with E-state index < -0.39 is 5.97 Å². The number of halogens is 1. The number of phenols is 1. The Morgan fingerprint density at radius 2 is 1.92 bits per heavy atom. The summed E-state index contributed by atoms with van der Waals surface area (Å²) >= 11 is 4.48. The number of aliphatic imine (C=N–C) groups is 1. The smallest absolute Gasteiger partial charge is 0.335 e. The lowest BCUT2D eigenvalue weighted by molar-refractivity contribution is -0.121. The fourth-order valence-corrected chi connectivity index (χ4v) is 3.59. The second-order valence-electron chi connectivity index (χ2n) is 5.43. The fraction of sp³-hybridized carbons (Fsp3) is 0.0556. The number of aromatic carboxylic acids is 1. The van der Waals surface area contributed by atoms with E-state index in [4.69, 9.17) is 5.11 Å². The van der Waals surface area contributed by atoms with E-state index >= 15 is 0 Å². The number of amides is 1. The average Bonchev–Trinajstić information content (AvgIpc) is 2.87. The summed E-state index contributed by atoms with van der Waals surface area (Å²) in [5, 5.41) is 19.0. The molecule has 1 heterocycles. The number of aromatic hydroxyl groups is 1. The molecule has 2 aromatic carbocycles. The minimum absolute atomic E-state index is 0.127. The van der Waals surface area contributed by atoms with Gasteiger partial charge in [0.25, 0.3) is 5.91 Å². The molecule has 1 fully saturated rings. The van der Waals surface area contributed by atoms with Gasteiger partial charge >= 0.3 is 5.97 Å². The van der Waals surface area contributed by atoms with Gasteiger partial charge in [0.05, 0.1) is 20.6 Å². The van der Waals surface area contributed by atoms with Crippen molar-refractivity contribution in [3.63, 3.8) is 0 Å². The zero-order valence-corrected chi connectivity index (χ0v) is 15.9. The first-order chi connectivity index (χ1) is 12.3. The number of likely N-dealkylation sites (N-methyl/N-ethyl adjacent to an activating group) is 1. The number of phenolic OH excluding ortho intramolecular Hbond substituents is 1. The van der Waals surface area contributed by atoms with Gasteiger partial charge < -0.3 is 10.2 Å². The molecule has 0 radical (unpaired) electrons. The fourth-order valence-electron chi connectivity index (χ4n) is 2.20. The third-order valence-electron chi connectivity index (χ3n) is 3.61. The van der Waals surface area contributed by atoms with E-state index in [1.54, 1.807) is 43.5 Å².